The Morgan fingerprint density at radius 3 is 1.45 bits per heavy atom. The molecule has 2 aromatic rings. The van der Waals surface area contributed by atoms with Crippen LogP contribution in [0.4, 0.5) is 21.9 Å². The molecule has 626 valence electrons. The van der Waals surface area contributed by atoms with E-state index in [0.717, 1.165) is 37.8 Å². The average molecular weight is 1610 g/mol. The maximum Gasteiger partial charge on any atom is 0.327 e. The van der Waals surface area contributed by atoms with Crippen molar-refractivity contribution in [2.45, 2.75) is 234 Å². The van der Waals surface area contributed by atoms with Gasteiger partial charge in [0.15, 0.2) is 5.78 Å². The molecule has 14 atom stereocenters. The number of carboxylic acids is 3. The van der Waals surface area contributed by atoms with Gasteiger partial charge in [-0.05, 0) is 81.7 Å². The third kappa shape index (κ3) is 32.1. The first-order valence-electron chi connectivity index (χ1n) is 37.0. The van der Waals surface area contributed by atoms with Gasteiger partial charge in [0.25, 0.3) is 11.8 Å². The number of nitrogens with one attached hydrogen (secondary N) is 10. The molecule has 1 heterocycles. The number of Topliss-reactive ketones (excluding diaryl/α,β-unsaturated/α-hetero) is 1. The van der Waals surface area contributed by atoms with Gasteiger partial charge in [0, 0.05) is 86.7 Å². The van der Waals surface area contributed by atoms with Gasteiger partial charge in [0.1, 0.15) is 72.9 Å². The Morgan fingerprint density at radius 1 is 0.518 bits per heavy atom. The van der Waals surface area contributed by atoms with Crippen LogP contribution in [0.1, 0.15) is 153 Å². The number of amides is 11. The molecule has 39 nitrogen and oxygen atoms in total. The van der Waals surface area contributed by atoms with Crippen molar-refractivity contribution >= 4 is 113 Å². The molecular formula is C72H110N12O27S. The van der Waals surface area contributed by atoms with Crippen LogP contribution in [0.15, 0.2) is 48.5 Å². The molecule has 0 bridgehead atoms. The minimum Gasteiger partial charge on any atom is -0.481 e. The quantitative estimate of drug-likeness (QED) is 0.0221. The smallest absolute Gasteiger partial charge is 0.327 e. The third-order valence-corrected chi connectivity index (χ3v) is 19.1. The topological polar surface area (TPSA) is 629 Å². The van der Waals surface area contributed by atoms with Gasteiger partial charge in [-0.1, -0.05) is 77.5 Å². The van der Waals surface area contributed by atoms with Gasteiger partial charge in [0.05, 0.1) is 43.3 Å². The number of carbonyl (C=O) groups is 14. The van der Waals surface area contributed by atoms with Gasteiger partial charge in [-0.2, -0.15) is 12.6 Å². The summed E-state index contributed by atoms with van der Waals surface area (Å²) in [5.74, 6) is -14.2. The molecule has 2 aliphatic rings. The predicted molar refractivity (Wildman–Crippen MR) is 401 cm³/mol. The van der Waals surface area contributed by atoms with Crippen LogP contribution in [0.2, 0.25) is 0 Å². The summed E-state index contributed by atoms with van der Waals surface area (Å²) in [4.78, 5) is 190. The van der Waals surface area contributed by atoms with Crippen LogP contribution in [-0.4, -0.2) is 292 Å². The lowest BCUT2D eigenvalue weighted by Crippen LogP contribution is -2.59. The Kier molecular flexibility index (Phi) is 40.8. The number of para-hydroxylation sites is 2. The maximum atomic E-state index is 14.5. The summed E-state index contributed by atoms with van der Waals surface area (Å²) in [6.07, 6.45) is -15.3. The van der Waals surface area contributed by atoms with Crippen LogP contribution < -0.4 is 63.0 Å². The summed E-state index contributed by atoms with van der Waals surface area (Å²) in [7, 11) is 0. The van der Waals surface area contributed by atoms with Crippen molar-refractivity contribution in [1.29, 1.82) is 0 Å². The third-order valence-electron chi connectivity index (χ3n) is 18.8. The molecule has 0 aromatic heterocycles. The lowest BCUT2D eigenvalue weighted by molar-refractivity contribution is -0.142. The highest BCUT2D eigenvalue weighted by Gasteiger charge is 2.41. The number of urea groups is 1. The standard InChI is InChI=1S/C72H110N12O27S/c1-72(2,3)54(91)35-84-49-20-12-11-19-48(49)83(41-17-8-7-9-18-41)34-46(69(84)108)82-71(111)76-40-16-14-15-39(31-40)64(103)73-30-13-6-4-5-10-21-57(94)77-42(24-28-58(95)96)65(104)78-43(22-26-55(92)74-32-50(87)60(99)62(101)52(89)36-85)66(105)80-45(25-29-59(97)98)67(106)79-44(68(107)81-47(38-112)70(109)110)23-27-56(93)75-33-51(88)61(100)63(102)53(90)37-86/h11-12,14-16,19-20,31,41-47,50-53,60-63,85-90,99-102,112H,4-10,13,17-18,21-30,32-38H2,1-3H3,(H,73,103)(H,74,92)(H,75,93)(H,77,94)(H,78,104)(H,79,106)(H,80,105)(H,81,107)(H,95,96)(H,97,98)(H,109,110)(H2,76,82,111)/t42-,43-,44-,45-,46-,47+,50+,51+,52-,53-,60-,61-,62-,63-/m1/s1. The Hall–Kier alpha value is -9.23. The number of fused-ring (bicyclic) bond motifs is 1. The summed E-state index contributed by atoms with van der Waals surface area (Å²) in [6, 6.07) is 2.59. The van der Waals surface area contributed by atoms with E-state index >= 15 is 0 Å². The molecule has 0 unspecified atom stereocenters. The van der Waals surface area contributed by atoms with Gasteiger partial charge < -0.3 is 129 Å². The normalized spacial score (nSPS) is 17.3. The molecule has 0 radical (unpaired) electrons. The average Bonchev–Trinajstić information content (AvgIpc) is 1.62. The van der Waals surface area contributed by atoms with Crippen LogP contribution in [0, 0.1) is 5.41 Å². The summed E-state index contributed by atoms with van der Waals surface area (Å²) >= 11 is 3.90. The lowest BCUT2D eigenvalue weighted by atomic mass is 9.90. The molecule has 1 aliphatic heterocycles. The molecule has 112 heavy (non-hydrogen) atoms. The number of carboxylic acid groups (broad SMARTS) is 3. The van der Waals surface area contributed by atoms with E-state index in [-0.39, 0.29) is 55.6 Å². The predicted octanol–water partition coefficient (Wildman–Crippen LogP) is -4.12. The van der Waals surface area contributed by atoms with Crippen molar-refractivity contribution in [3.05, 3.63) is 54.1 Å². The van der Waals surface area contributed by atoms with Crippen LogP contribution in [0.3, 0.4) is 0 Å². The van der Waals surface area contributed by atoms with Crippen molar-refractivity contribution in [3.8, 4) is 0 Å². The van der Waals surface area contributed by atoms with E-state index in [1.54, 1.807) is 45.0 Å². The number of carbonyl (C=O) groups excluding carboxylic acids is 11. The van der Waals surface area contributed by atoms with Crippen molar-refractivity contribution in [1.82, 2.24) is 47.9 Å². The Balaban J connectivity index is 1.43. The van der Waals surface area contributed by atoms with Crippen LogP contribution in [0.5, 0.6) is 0 Å². The number of nitrogens with zero attached hydrogens (tertiary/aromatic N) is 2. The summed E-state index contributed by atoms with van der Waals surface area (Å²) in [6.45, 7) is 1.83. The van der Waals surface area contributed by atoms with Gasteiger partial charge in [-0.25, -0.2) is 9.59 Å². The van der Waals surface area contributed by atoms with Gasteiger partial charge in [-0.3, -0.25) is 57.5 Å². The van der Waals surface area contributed by atoms with Crippen molar-refractivity contribution in [3.63, 3.8) is 0 Å². The van der Waals surface area contributed by atoms with E-state index in [2.05, 4.69) is 70.7 Å². The molecule has 11 amide bonds. The van der Waals surface area contributed by atoms with E-state index < -0.39 is 251 Å². The minimum atomic E-state index is -2.13. The lowest BCUT2D eigenvalue weighted by Gasteiger charge is -2.37. The number of aliphatic hydroxyl groups is 10. The van der Waals surface area contributed by atoms with Crippen molar-refractivity contribution in [2.24, 2.45) is 5.41 Å². The number of hydrogen-bond donors (Lipinski definition) is 24. The van der Waals surface area contributed by atoms with Crippen molar-refractivity contribution in [2.75, 3.05) is 66.8 Å². The fourth-order valence-electron chi connectivity index (χ4n) is 12.0. The molecule has 4 rings (SSSR count). The maximum absolute atomic E-state index is 14.5. The Bertz CT molecular complexity index is 3490. The first kappa shape index (κ1) is 95.1. The molecule has 0 saturated heterocycles. The number of thiol groups is 1. The van der Waals surface area contributed by atoms with E-state index in [4.69, 9.17) is 10.2 Å². The SMILES string of the molecule is CC(C)(C)C(=O)CN1C(=O)[C@H](NC(=O)Nc2cccc(C(=O)NCCCCCCCC(=O)N[C@H](CCC(=O)O)C(=O)N[C@H](CCC(=O)NC[C@H](O)[C@@H](O)[C@H](O)[C@H](O)CO)C(=O)N[C@H](CCC(=O)O)C(=O)N[C@H](CCC(=O)NC[C@H](O)[C@@H](O)[C@H](O)[C@H](O)CO)C(=O)N[C@@H](CS)C(=O)O)c2)CN(C2CCCCC2)c2ccccc21. The Labute approximate surface area is 651 Å². The zero-order valence-corrected chi connectivity index (χ0v) is 63.6. The number of ketones is 1. The highest BCUT2D eigenvalue weighted by molar-refractivity contribution is 7.80. The second-order valence-electron chi connectivity index (χ2n) is 28.6. The fraction of sp³-hybridized carbons (Fsp3) is 0.639. The minimum absolute atomic E-state index is 0.0966. The first-order chi connectivity index (χ1) is 52.9. The van der Waals surface area contributed by atoms with E-state index in [1.165, 1.54) is 11.0 Å². The zero-order chi connectivity index (χ0) is 83.5. The molecule has 40 heteroatoms. The highest BCUT2D eigenvalue weighted by Crippen LogP contribution is 2.38. The number of aliphatic carboxylic acids is 3. The van der Waals surface area contributed by atoms with Crippen LogP contribution in [-0.2, 0) is 57.5 Å². The summed E-state index contributed by atoms with van der Waals surface area (Å²) in [5.41, 5.74) is 1.09. The van der Waals surface area contributed by atoms with Gasteiger partial charge >= 0.3 is 23.9 Å². The molecule has 23 N–H and O–H groups in total. The molecule has 1 fully saturated rings. The number of anilines is 3. The number of rotatable bonds is 49. The second-order valence-corrected chi connectivity index (χ2v) is 28.9. The highest BCUT2D eigenvalue weighted by atomic mass is 32.1. The van der Waals surface area contributed by atoms with Gasteiger partial charge in [0.2, 0.25) is 41.4 Å². The zero-order valence-electron chi connectivity index (χ0n) is 62.7. The summed E-state index contributed by atoms with van der Waals surface area (Å²) < 4.78 is 0. The number of hydrogen-bond acceptors (Lipinski definition) is 26. The largest absolute Gasteiger partial charge is 0.481 e. The van der Waals surface area contributed by atoms with Crippen LogP contribution >= 0.6 is 12.6 Å². The van der Waals surface area contributed by atoms with Crippen LogP contribution in [0.25, 0.3) is 0 Å². The molecule has 2 aromatic carbocycles. The fourth-order valence-corrected chi connectivity index (χ4v) is 12.2. The number of unbranched alkanes of at least 4 members (excludes halogenated alkanes) is 4. The Morgan fingerprint density at radius 2 is 0.973 bits per heavy atom. The van der Waals surface area contributed by atoms with Gasteiger partial charge in [-0.15, -0.1) is 0 Å². The van der Waals surface area contributed by atoms with E-state index in [9.17, 15) is 123 Å². The molecule has 0 spiro atoms. The number of aliphatic hydroxyl groups excluding tert-OH is 10. The van der Waals surface area contributed by atoms with E-state index in [0.29, 0.717) is 31.4 Å². The van der Waals surface area contributed by atoms with E-state index in [1.807, 2.05) is 18.2 Å². The second kappa shape index (κ2) is 48.0. The first-order valence-corrected chi connectivity index (χ1v) is 37.7. The molecule has 1 saturated carbocycles. The number of benzene rings is 2. The summed E-state index contributed by atoms with van der Waals surface area (Å²) in [5, 5.41) is 152. The monoisotopic (exact) mass is 1610 g/mol. The molecular weight excluding hydrogens is 1500 g/mol. The molecule has 1 aliphatic carbocycles. The van der Waals surface area contributed by atoms with Crippen molar-refractivity contribution < 1.29 is 134 Å².